The molecule has 0 heterocycles. The summed E-state index contributed by atoms with van der Waals surface area (Å²) < 4.78 is 5.72. The van der Waals surface area contributed by atoms with Gasteiger partial charge in [0, 0.05) is 0 Å². The lowest BCUT2D eigenvalue weighted by Crippen LogP contribution is -2.34. The number of hydrogen-bond acceptors (Lipinski definition) is 2. The van der Waals surface area contributed by atoms with E-state index >= 15 is 0 Å². The molecule has 1 aromatic carbocycles. The quantitative estimate of drug-likeness (QED) is 0.779. The maximum Gasteiger partial charge on any atom is 0.124 e. The largest absolute Gasteiger partial charge is 0.488 e. The van der Waals surface area contributed by atoms with E-state index < -0.39 is 0 Å². The van der Waals surface area contributed by atoms with Gasteiger partial charge in [0.05, 0.1) is 6.10 Å². The van der Waals surface area contributed by atoms with Crippen molar-refractivity contribution >= 4 is 0 Å². The Morgan fingerprint density at radius 1 is 1.07 bits per heavy atom. The van der Waals surface area contributed by atoms with Crippen LogP contribution in [0.1, 0.15) is 25.7 Å². The van der Waals surface area contributed by atoms with Gasteiger partial charge >= 0.3 is 0 Å². The van der Waals surface area contributed by atoms with E-state index in [0.29, 0.717) is 0 Å². The molecule has 0 spiro atoms. The van der Waals surface area contributed by atoms with Crippen LogP contribution in [0.25, 0.3) is 0 Å². The summed E-state index contributed by atoms with van der Waals surface area (Å²) in [6, 6.07) is 9.72. The van der Waals surface area contributed by atoms with Crippen molar-refractivity contribution in [1.29, 1.82) is 0 Å². The molecule has 1 fully saturated rings. The standard InChI is InChI=1S/C12H16O2/c13-11-8-4-5-9-12(11)14-10-6-2-1-3-7-10/h1-3,6-7,11-13H,4-5,8-9H2/t11-,12-/m0/s1. The minimum absolute atomic E-state index is 0.00819. The van der Waals surface area contributed by atoms with E-state index in [0.717, 1.165) is 31.4 Å². The van der Waals surface area contributed by atoms with E-state index in [-0.39, 0.29) is 12.2 Å². The second-order valence-electron chi connectivity index (χ2n) is 3.82. The highest BCUT2D eigenvalue weighted by atomic mass is 16.5. The molecule has 0 aliphatic heterocycles. The average molecular weight is 192 g/mol. The van der Waals surface area contributed by atoms with Crippen molar-refractivity contribution in [2.75, 3.05) is 0 Å². The molecule has 14 heavy (non-hydrogen) atoms. The van der Waals surface area contributed by atoms with Crippen LogP contribution in [-0.2, 0) is 0 Å². The van der Waals surface area contributed by atoms with Crippen LogP contribution in [0.15, 0.2) is 30.3 Å². The topological polar surface area (TPSA) is 29.5 Å². The molecule has 0 saturated heterocycles. The van der Waals surface area contributed by atoms with Crippen molar-refractivity contribution in [3.05, 3.63) is 30.3 Å². The monoisotopic (exact) mass is 192 g/mol. The summed E-state index contributed by atoms with van der Waals surface area (Å²) in [6.07, 6.45) is 3.83. The highest BCUT2D eigenvalue weighted by molar-refractivity contribution is 5.21. The lowest BCUT2D eigenvalue weighted by Gasteiger charge is -2.28. The lowest BCUT2D eigenvalue weighted by atomic mass is 9.95. The molecule has 76 valence electrons. The Kier molecular flexibility index (Phi) is 3.04. The fourth-order valence-electron chi connectivity index (χ4n) is 1.89. The molecule has 2 nitrogen and oxygen atoms in total. The van der Waals surface area contributed by atoms with Crippen LogP contribution in [0.2, 0.25) is 0 Å². The van der Waals surface area contributed by atoms with Gasteiger partial charge in [-0.1, -0.05) is 24.6 Å². The molecular weight excluding hydrogens is 176 g/mol. The Bertz CT molecular complexity index is 271. The van der Waals surface area contributed by atoms with Crippen molar-refractivity contribution in [3.63, 3.8) is 0 Å². The van der Waals surface area contributed by atoms with Crippen molar-refractivity contribution in [2.45, 2.75) is 37.9 Å². The second kappa shape index (κ2) is 4.47. The number of rotatable bonds is 2. The van der Waals surface area contributed by atoms with Crippen molar-refractivity contribution in [2.24, 2.45) is 0 Å². The van der Waals surface area contributed by atoms with Gasteiger partial charge in [-0.15, -0.1) is 0 Å². The molecular formula is C12H16O2. The lowest BCUT2D eigenvalue weighted by molar-refractivity contribution is 0.00688. The van der Waals surface area contributed by atoms with Crippen LogP contribution in [0.3, 0.4) is 0 Å². The predicted molar refractivity (Wildman–Crippen MR) is 55.3 cm³/mol. The van der Waals surface area contributed by atoms with E-state index in [9.17, 15) is 5.11 Å². The van der Waals surface area contributed by atoms with Gasteiger partial charge in [0.15, 0.2) is 0 Å². The van der Waals surface area contributed by atoms with Crippen LogP contribution < -0.4 is 4.74 Å². The molecule has 1 aliphatic rings. The Balaban J connectivity index is 1.96. The molecule has 1 aromatic rings. The molecule has 0 bridgehead atoms. The molecule has 2 heteroatoms. The fraction of sp³-hybridized carbons (Fsp3) is 0.500. The van der Waals surface area contributed by atoms with Gasteiger partial charge in [0.1, 0.15) is 11.9 Å². The molecule has 0 amide bonds. The van der Waals surface area contributed by atoms with Gasteiger partial charge in [0.25, 0.3) is 0 Å². The summed E-state index contributed by atoms with van der Waals surface area (Å²) in [5.74, 6) is 0.860. The third-order valence-electron chi connectivity index (χ3n) is 2.70. The number of aliphatic hydroxyl groups is 1. The minimum atomic E-state index is -0.288. The fourth-order valence-corrected chi connectivity index (χ4v) is 1.89. The van der Waals surface area contributed by atoms with Gasteiger partial charge < -0.3 is 9.84 Å². The van der Waals surface area contributed by atoms with Crippen molar-refractivity contribution < 1.29 is 9.84 Å². The molecule has 2 atom stereocenters. The average Bonchev–Trinajstić information content (AvgIpc) is 2.23. The zero-order valence-corrected chi connectivity index (χ0v) is 8.23. The predicted octanol–water partition coefficient (Wildman–Crippen LogP) is 2.37. The summed E-state index contributed by atoms with van der Waals surface area (Å²) in [6.45, 7) is 0. The first-order chi connectivity index (χ1) is 6.86. The first-order valence-corrected chi connectivity index (χ1v) is 5.26. The first kappa shape index (κ1) is 9.53. The Hall–Kier alpha value is -1.02. The molecule has 1 saturated carbocycles. The van der Waals surface area contributed by atoms with E-state index in [4.69, 9.17) is 4.74 Å². The van der Waals surface area contributed by atoms with Crippen LogP contribution in [0, 0.1) is 0 Å². The van der Waals surface area contributed by atoms with Gasteiger partial charge in [-0.25, -0.2) is 0 Å². The van der Waals surface area contributed by atoms with Gasteiger partial charge in [-0.05, 0) is 31.4 Å². The molecule has 0 radical (unpaired) electrons. The molecule has 2 rings (SSSR count). The maximum atomic E-state index is 9.71. The smallest absolute Gasteiger partial charge is 0.124 e. The second-order valence-corrected chi connectivity index (χ2v) is 3.82. The highest BCUT2D eigenvalue weighted by Gasteiger charge is 2.24. The van der Waals surface area contributed by atoms with E-state index in [1.807, 2.05) is 30.3 Å². The zero-order chi connectivity index (χ0) is 9.80. The van der Waals surface area contributed by atoms with Crippen molar-refractivity contribution in [3.8, 4) is 5.75 Å². The van der Waals surface area contributed by atoms with Crippen molar-refractivity contribution in [1.82, 2.24) is 0 Å². The number of hydrogen-bond donors (Lipinski definition) is 1. The summed E-state index contributed by atoms with van der Waals surface area (Å²) in [5.41, 5.74) is 0. The third-order valence-corrected chi connectivity index (χ3v) is 2.70. The summed E-state index contributed by atoms with van der Waals surface area (Å²) in [5, 5.41) is 9.71. The molecule has 1 N–H and O–H groups in total. The van der Waals surface area contributed by atoms with Gasteiger partial charge in [-0.2, -0.15) is 0 Å². The number of aliphatic hydroxyl groups excluding tert-OH is 1. The molecule has 0 aromatic heterocycles. The van der Waals surface area contributed by atoms with Crippen LogP contribution in [0.4, 0.5) is 0 Å². The summed E-state index contributed by atoms with van der Waals surface area (Å²) in [7, 11) is 0. The molecule has 0 unspecified atom stereocenters. The summed E-state index contributed by atoms with van der Waals surface area (Å²) in [4.78, 5) is 0. The third kappa shape index (κ3) is 2.26. The van der Waals surface area contributed by atoms with Crippen LogP contribution in [0.5, 0.6) is 5.75 Å². The minimum Gasteiger partial charge on any atom is -0.488 e. The number of ether oxygens (including phenoxy) is 1. The Morgan fingerprint density at radius 3 is 2.50 bits per heavy atom. The number of para-hydroxylation sites is 1. The van der Waals surface area contributed by atoms with E-state index in [1.54, 1.807) is 0 Å². The maximum absolute atomic E-state index is 9.71. The number of benzene rings is 1. The van der Waals surface area contributed by atoms with Gasteiger partial charge in [0.2, 0.25) is 0 Å². The Morgan fingerprint density at radius 2 is 1.79 bits per heavy atom. The van der Waals surface area contributed by atoms with E-state index in [1.165, 1.54) is 0 Å². The van der Waals surface area contributed by atoms with Gasteiger partial charge in [-0.3, -0.25) is 0 Å². The van der Waals surface area contributed by atoms with E-state index in [2.05, 4.69) is 0 Å². The normalized spacial score (nSPS) is 27.2. The Labute approximate surface area is 84.5 Å². The summed E-state index contributed by atoms with van der Waals surface area (Å²) >= 11 is 0. The highest BCUT2D eigenvalue weighted by Crippen LogP contribution is 2.23. The first-order valence-electron chi connectivity index (χ1n) is 5.26. The van der Waals surface area contributed by atoms with Crippen LogP contribution in [-0.4, -0.2) is 17.3 Å². The SMILES string of the molecule is O[C@H]1CCCC[C@@H]1Oc1ccccc1. The molecule has 1 aliphatic carbocycles. The van der Waals surface area contributed by atoms with Crippen LogP contribution >= 0.6 is 0 Å². The zero-order valence-electron chi connectivity index (χ0n) is 8.23.